The van der Waals surface area contributed by atoms with Crippen molar-refractivity contribution < 1.29 is 21.6 Å². The van der Waals surface area contributed by atoms with Crippen molar-refractivity contribution in [3.8, 4) is 0 Å². The van der Waals surface area contributed by atoms with Gasteiger partial charge in [0.15, 0.2) is 0 Å². The van der Waals surface area contributed by atoms with E-state index in [0.29, 0.717) is 6.07 Å². The zero-order valence-corrected chi connectivity index (χ0v) is 17.4. The highest BCUT2D eigenvalue weighted by molar-refractivity contribution is 7.99. The van der Waals surface area contributed by atoms with Crippen LogP contribution in [0.5, 0.6) is 0 Å². The molecule has 29 heavy (non-hydrogen) atoms. The van der Waals surface area contributed by atoms with Crippen LogP contribution < -0.4 is 4.72 Å². The highest BCUT2D eigenvalue weighted by Crippen LogP contribution is 2.37. The Morgan fingerprint density at radius 2 is 1.69 bits per heavy atom. The number of halogens is 5. The maximum atomic E-state index is 13.1. The molecule has 0 saturated carbocycles. The zero-order chi connectivity index (χ0) is 21.2. The highest BCUT2D eigenvalue weighted by atomic mass is 35.5. The number of aromatic nitrogens is 1. The fourth-order valence-corrected chi connectivity index (χ4v) is 4.65. The third kappa shape index (κ3) is 5.36. The Balaban J connectivity index is 1.98. The van der Waals surface area contributed by atoms with Gasteiger partial charge in [-0.3, -0.25) is 4.72 Å². The van der Waals surface area contributed by atoms with Crippen molar-refractivity contribution in [3.05, 3.63) is 76.4 Å². The second-order valence-electron chi connectivity index (χ2n) is 5.67. The molecule has 0 radical (unpaired) electrons. The number of sulfonamides is 1. The molecular weight excluding hydrogens is 468 g/mol. The summed E-state index contributed by atoms with van der Waals surface area (Å²) in [5.41, 5.74) is -1.21. The van der Waals surface area contributed by atoms with E-state index in [9.17, 15) is 21.6 Å². The van der Waals surface area contributed by atoms with Gasteiger partial charge in [-0.2, -0.15) is 13.2 Å². The molecule has 0 fully saturated rings. The summed E-state index contributed by atoms with van der Waals surface area (Å²) in [6.07, 6.45) is -3.46. The normalized spacial score (nSPS) is 12.0. The van der Waals surface area contributed by atoms with Gasteiger partial charge in [-0.05, 0) is 36.4 Å². The summed E-state index contributed by atoms with van der Waals surface area (Å²) < 4.78 is 66.9. The van der Waals surface area contributed by atoms with Gasteiger partial charge in [0, 0.05) is 11.1 Å². The predicted molar refractivity (Wildman–Crippen MR) is 107 cm³/mol. The van der Waals surface area contributed by atoms with Crippen molar-refractivity contribution in [2.45, 2.75) is 21.0 Å². The van der Waals surface area contributed by atoms with Gasteiger partial charge in [-0.15, -0.1) is 0 Å². The van der Waals surface area contributed by atoms with E-state index in [4.69, 9.17) is 23.2 Å². The number of pyridine rings is 1. The van der Waals surface area contributed by atoms with Crippen LogP contribution in [0.4, 0.5) is 18.9 Å². The van der Waals surface area contributed by atoms with Crippen molar-refractivity contribution in [1.29, 1.82) is 0 Å². The Morgan fingerprint density at radius 1 is 1.00 bits per heavy atom. The van der Waals surface area contributed by atoms with Gasteiger partial charge in [-0.1, -0.05) is 53.2 Å². The van der Waals surface area contributed by atoms with Crippen molar-refractivity contribution in [3.63, 3.8) is 0 Å². The SMILES string of the molecule is O=S(=O)(Nc1cc(Cl)cnc1Sc1ccccc1)c1ccc(Cl)c(C(F)(F)F)c1. The molecule has 0 aliphatic carbocycles. The summed E-state index contributed by atoms with van der Waals surface area (Å²) in [4.78, 5) is 4.32. The fraction of sp³-hybridized carbons (Fsp3) is 0.0556. The molecule has 3 rings (SSSR count). The molecule has 152 valence electrons. The molecule has 1 heterocycles. The lowest BCUT2D eigenvalue weighted by atomic mass is 10.2. The second-order valence-corrected chi connectivity index (χ2v) is 9.25. The quantitative estimate of drug-likeness (QED) is 0.463. The molecule has 0 spiro atoms. The van der Waals surface area contributed by atoms with Crippen LogP contribution in [0.15, 0.2) is 75.6 Å². The van der Waals surface area contributed by atoms with E-state index >= 15 is 0 Å². The summed E-state index contributed by atoms with van der Waals surface area (Å²) in [7, 11) is -4.37. The van der Waals surface area contributed by atoms with Crippen molar-refractivity contribution >= 4 is 50.7 Å². The number of hydrogen-bond donors (Lipinski definition) is 1. The Morgan fingerprint density at radius 3 is 2.34 bits per heavy atom. The minimum atomic E-state index is -4.80. The summed E-state index contributed by atoms with van der Waals surface area (Å²) in [6, 6.07) is 12.7. The van der Waals surface area contributed by atoms with Crippen LogP contribution in [0, 0.1) is 0 Å². The molecule has 1 aromatic heterocycles. The van der Waals surface area contributed by atoms with Gasteiger partial charge in [-0.25, -0.2) is 13.4 Å². The van der Waals surface area contributed by atoms with E-state index in [1.807, 2.05) is 6.07 Å². The average Bonchev–Trinajstić information content (AvgIpc) is 2.64. The van der Waals surface area contributed by atoms with E-state index in [0.717, 1.165) is 17.0 Å². The van der Waals surface area contributed by atoms with Crippen LogP contribution in [0.3, 0.4) is 0 Å². The number of rotatable bonds is 5. The molecule has 0 atom stereocenters. The molecule has 2 aromatic carbocycles. The molecule has 1 N–H and O–H groups in total. The molecule has 3 aromatic rings. The van der Waals surface area contributed by atoms with Crippen molar-refractivity contribution in [2.24, 2.45) is 0 Å². The van der Waals surface area contributed by atoms with Crippen LogP contribution in [0.1, 0.15) is 5.56 Å². The summed E-state index contributed by atoms with van der Waals surface area (Å²) in [5, 5.41) is -0.150. The summed E-state index contributed by atoms with van der Waals surface area (Å²) >= 11 is 12.7. The van der Waals surface area contributed by atoms with Crippen molar-refractivity contribution in [2.75, 3.05) is 4.72 Å². The lowest BCUT2D eigenvalue weighted by molar-refractivity contribution is -0.137. The molecule has 0 aliphatic rings. The first-order chi connectivity index (χ1) is 13.6. The number of hydrogen-bond acceptors (Lipinski definition) is 4. The van der Waals surface area contributed by atoms with E-state index < -0.39 is 31.7 Å². The van der Waals surface area contributed by atoms with E-state index in [2.05, 4.69) is 9.71 Å². The minimum absolute atomic E-state index is 0.0369. The topological polar surface area (TPSA) is 59.1 Å². The van der Waals surface area contributed by atoms with Crippen LogP contribution >= 0.6 is 35.0 Å². The lowest BCUT2D eigenvalue weighted by Gasteiger charge is -2.14. The van der Waals surface area contributed by atoms with Crippen LogP contribution in [-0.2, 0) is 16.2 Å². The second kappa shape index (κ2) is 8.43. The third-order valence-corrected chi connectivity index (χ3v) is 6.50. The van der Waals surface area contributed by atoms with Gasteiger partial charge in [0.25, 0.3) is 10.0 Å². The largest absolute Gasteiger partial charge is 0.417 e. The highest BCUT2D eigenvalue weighted by Gasteiger charge is 2.34. The first-order valence-electron chi connectivity index (χ1n) is 7.84. The molecular formula is C18H11Cl2F3N2O2S2. The van der Waals surface area contributed by atoms with Gasteiger partial charge >= 0.3 is 6.18 Å². The minimum Gasteiger partial charge on any atom is -0.277 e. The molecule has 0 amide bonds. The van der Waals surface area contributed by atoms with Gasteiger partial charge in [0.2, 0.25) is 0 Å². The molecule has 4 nitrogen and oxygen atoms in total. The van der Waals surface area contributed by atoms with Gasteiger partial charge < -0.3 is 0 Å². The Bertz CT molecular complexity index is 1140. The fourth-order valence-electron chi connectivity index (χ4n) is 2.27. The predicted octanol–water partition coefficient (Wildman–Crippen LogP) is 6.36. The Hall–Kier alpha value is -1.94. The van der Waals surface area contributed by atoms with Gasteiger partial charge in [0.1, 0.15) is 5.03 Å². The summed E-state index contributed by atoms with van der Waals surface area (Å²) in [5.74, 6) is 0. The van der Waals surface area contributed by atoms with Crippen LogP contribution in [0.2, 0.25) is 10.0 Å². The summed E-state index contributed by atoms with van der Waals surface area (Å²) in [6.45, 7) is 0. The number of anilines is 1. The Kier molecular flexibility index (Phi) is 6.33. The molecule has 11 heteroatoms. The molecule has 0 saturated heterocycles. The standard InChI is InChI=1S/C18H11Cl2F3N2O2S2/c19-11-8-16(17(24-10-11)28-12-4-2-1-3-5-12)25-29(26,27)13-6-7-15(20)14(9-13)18(21,22)23/h1-10,25H. The van der Waals surface area contributed by atoms with Crippen LogP contribution in [0.25, 0.3) is 0 Å². The first-order valence-corrected chi connectivity index (χ1v) is 10.9. The van der Waals surface area contributed by atoms with Crippen molar-refractivity contribution in [1.82, 2.24) is 4.98 Å². The lowest BCUT2D eigenvalue weighted by Crippen LogP contribution is -2.15. The van der Waals surface area contributed by atoms with E-state index in [1.165, 1.54) is 24.0 Å². The maximum absolute atomic E-state index is 13.1. The molecule has 0 aliphatic heterocycles. The maximum Gasteiger partial charge on any atom is 0.417 e. The first kappa shape index (κ1) is 21.8. The Labute approximate surface area is 179 Å². The number of nitrogens with zero attached hydrogens (tertiary/aromatic N) is 1. The molecule has 0 bridgehead atoms. The average molecular weight is 479 g/mol. The van der Waals surface area contributed by atoms with E-state index in [-0.39, 0.29) is 15.7 Å². The van der Waals surface area contributed by atoms with E-state index in [1.54, 1.807) is 24.3 Å². The monoisotopic (exact) mass is 478 g/mol. The third-order valence-electron chi connectivity index (χ3n) is 3.57. The zero-order valence-electron chi connectivity index (χ0n) is 14.2. The number of benzene rings is 2. The number of alkyl halides is 3. The smallest absolute Gasteiger partial charge is 0.277 e. The van der Waals surface area contributed by atoms with Crippen LogP contribution in [-0.4, -0.2) is 13.4 Å². The molecule has 0 unspecified atom stereocenters. The number of nitrogens with one attached hydrogen (secondary N) is 1. The van der Waals surface area contributed by atoms with Gasteiger partial charge in [0.05, 0.1) is 26.2 Å².